The van der Waals surface area contributed by atoms with Gasteiger partial charge in [0.2, 0.25) is 5.95 Å². The van der Waals surface area contributed by atoms with Crippen molar-refractivity contribution < 1.29 is 9.84 Å². The van der Waals surface area contributed by atoms with Gasteiger partial charge in [0, 0.05) is 0 Å². The molecule has 0 aliphatic carbocycles. The van der Waals surface area contributed by atoms with Crippen LogP contribution in [-0.4, -0.2) is 37.3 Å². The van der Waals surface area contributed by atoms with Crippen LogP contribution in [0.3, 0.4) is 0 Å². The van der Waals surface area contributed by atoms with E-state index in [4.69, 9.17) is 15.6 Å². The number of aliphatic hydroxyl groups excluding tert-OH is 1. The number of aliphatic hydroxyl groups is 1. The van der Waals surface area contributed by atoms with Crippen LogP contribution in [-0.2, 0) is 4.74 Å². The van der Waals surface area contributed by atoms with Gasteiger partial charge in [-0.1, -0.05) is 0 Å². The molecule has 0 saturated carbocycles. The average molecular weight is 251 g/mol. The number of nitrogens with one attached hydrogen (secondary N) is 1. The molecular formula is C10H13N5O3. The molecule has 0 amide bonds. The Hall–Kier alpha value is -1.93. The normalized spacial score (nSPS) is 23.8. The van der Waals surface area contributed by atoms with Crippen LogP contribution >= 0.6 is 0 Å². The van der Waals surface area contributed by atoms with Crippen molar-refractivity contribution in [1.82, 2.24) is 19.5 Å². The third-order valence-corrected chi connectivity index (χ3v) is 3.09. The Kier molecular flexibility index (Phi) is 2.53. The van der Waals surface area contributed by atoms with Crippen molar-refractivity contribution in [3.63, 3.8) is 0 Å². The van der Waals surface area contributed by atoms with Gasteiger partial charge in [-0.2, -0.15) is 0 Å². The molecule has 1 aliphatic heterocycles. The minimum absolute atomic E-state index is 0.0307. The Labute approximate surface area is 101 Å². The Morgan fingerprint density at radius 3 is 3.17 bits per heavy atom. The van der Waals surface area contributed by atoms with Gasteiger partial charge in [0.1, 0.15) is 6.23 Å². The lowest BCUT2D eigenvalue weighted by Gasteiger charge is -2.15. The van der Waals surface area contributed by atoms with E-state index in [-0.39, 0.29) is 36.0 Å². The van der Waals surface area contributed by atoms with E-state index >= 15 is 0 Å². The van der Waals surface area contributed by atoms with E-state index < -0.39 is 0 Å². The first-order valence-electron chi connectivity index (χ1n) is 5.68. The average Bonchev–Trinajstić information content (AvgIpc) is 2.93. The van der Waals surface area contributed by atoms with Gasteiger partial charge in [-0.25, -0.2) is 9.97 Å². The number of nitrogens with zero attached hydrogens (tertiary/aromatic N) is 3. The van der Waals surface area contributed by atoms with Crippen LogP contribution in [0.2, 0.25) is 0 Å². The molecule has 0 aromatic carbocycles. The van der Waals surface area contributed by atoms with Crippen LogP contribution in [0.5, 0.6) is 0 Å². The predicted octanol–water partition coefficient (Wildman–Crippen LogP) is -0.628. The number of aromatic amines is 1. The van der Waals surface area contributed by atoms with Crippen molar-refractivity contribution >= 4 is 17.1 Å². The summed E-state index contributed by atoms with van der Waals surface area (Å²) in [5.74, 6) is 0.192. The summed E-state index contributed by atoms with van der Waals surface area (Å²) in [6, 6.07) is 0. The highest BCUT2D eigenvalue weighted by Crippen LogP contribution is 2.31. The number of nitrogens with two attached hydrogens (primary N) is 1. The molecule has 3 heterocycles. The molecule has 4 N–H and O–H groups in total. The number of rotatable bonds is 2. The van der Waals surface area contributed by atoms with E-state index in [1.807, 2.05) is 0 Å². The maximum atomic E-state index is 11.6. The maximum absolute atomic E-state index is 11.6. The van der Waals surface area contributed by atoms with E-state index in [0.29, 0.717) is 12.1 Å². The lowest BCUT2D eigenvalue weighted by atomic mass is 10.2. The smallest absolute Gasteiger partial charge is 0.278 e. The van der Waals surface area contributed by atoms with Crippen LogP contribution in [0, 0.1) is 0 Å². The second-order valence-electron chi connectivity index (χ2n) is 4.22. The molecule has 96 valence electrons. The Balaban J connectivity index is 2.10. The van der Waals surface area contributed by atoms with Crippen molar-refractivity contribution in [2.75, 3.05) is 12.3 Å². The second kappa shape index (κ2) is 4.07. The second-order valence-corrected chi connectivity index (χ2v) is 4.22. The standard InChI is InChI=1S/C10H13N5O3/c11-10-14-7-8(12-4-13-9(7)17)15(10)6-2-1-5(3-16)18-6/h4-6,16H,1-3H2,(H2,11,14)(H,12,13,17)/t5-,6+/m0/s1. The lowest BCUT2D eigenvalue weighted by molar-refractivity contribution is -0.0196. The van der Waals surface area contributed by atoms with Gasteiger partial charge >= 0.3 is 0 Å². The topological polar surface area (TPSA) is 119 Å². The number of hydrogen-bond acceptors (Lipinski definition) is 6. The van der Waals surface area contributed by atoms with Crippen LogP contribution in [0.4, 0.5) is 5.95 Å². The van der Waals surface area contributed by atoms with Gasteiger partial charge in [0.25, 0.3) is 5.56 Å². The van der Waals surface area contributed by atoms with Gasteiger partial charge in [0.05, 0.1) is 19.0 Å². The van der Waals surface area contributed by atoms with Gasteiger partial charge < -0.3 is 20.6 Å². The van der Waals surface area contributed by atoms with Crippen molar-refractivity contribution in [1.29, 1.82) is 0 Å². The molecule has 0 unspecified atom stereocenters. The van der Waals surface area contributed by atoms with Crippen LogP contribution in [0.1, 0.15) is 19.1 Å². The largest absolute Gasteiger partial charge is 0.394 e. The number of fused-ring (bicyclic) bond motifs is 1. The van der Waals surface area contributed by atoms with E-state index in [0.717, 1.165) is 6.42 Å². The van der Waals surface area contributed by atoms with Crippen molar-refractivity contribution in [3.05, 3.63) is 16.7 Å². The molecule has 8 nitrogen and oxygen atoms in total. The summed E-state index contributed by atoms with van der Waals surface area (Å²) in [7, 11) is 0. The summed E-state index contributed by atoms with van der Waals surface area (Å²) in [5, 5.41) is 9.06. The molecule has 1 aliphatic rings. The molecule has 2 atom stereocenters. The van der Waals surface area contributed by atoms with Crippen LogP contribution in [0.15, 0.2) is 11.1 Å². The van der Waals surface area contributed by atoms with Gasteiger partial charge in [-0.15, -0.1) is 0 Å². The summed E-state index contributed by atoms with van der Waals surface area (Å²) >= 11 is 0. The highest BCUT2D eigenvalue weighted by atomic mass is 16.5. The molecule has 3 rings (SSSR count). The number of aromatic nitrogens is 4. The highest BCUT2D eigenvalue weighted by molar-refractivity contribution is 5.72. The predicted molar refractivity (Wildman–Crippen MR) is 62.8 cm³/mol. The summed E-state index contributed by atoms with van der Waals surface area (Å²) in [6.45, 7) is -0.0307. The number of nitrogen functional groups attached to an aromatic ring is 1. The van der Waals surface area contributed by atoms with Gasteiger partial charge in [-0.05, 0) is 12.8 Å². The fraction of sp³-hybridized carbons (Fsp3) is 0.500. The molecule has 0 spiro atoms. The van der Waals surface area contributed by atoms with E-state index in [9.17, 15) is 4.79 Å². The zero-order valence-corrected chi connectivity index (χ0v) is 9.54. The molecule has 0 radical (unpaired) electrons. The quantitative estimate of drug-likeness (QED) is 0.654. The molecule has 1 fully saturated rings. The fourth-order valence-electron chi connectivity index (χ4n) is 2.23. The van der Waals surface area contributed by atoms with Crippen molar-refractivity contribution in [2.24, 2.45) is 0 Å². The molecule has 2 aromatic rings. The Bertz CT molecular complexity index is 634. The van der Waals surface area contributed by atoms with E-state index in [1.54, 1.807) is 4.57 Å². The molecular weight excluding hydrogens is 238 g/mol. The highest BCUT2D eigenvalue weighted by Gasteiger charge is 2.29. The Morgan fingerprint density at radius 2 is 2.44 bits per heavy atom. The van der Waals surface area contributed by atoms with Crippen LogP contribution in [0.25, 0.3) is 11.2 Å². The van der Waals surface area contributed by atoms with Crippen molar-refractivity contribution in [2.45, 2.75) is 25.2 Å². The first kappa shape index (κ1) is 11.2. The van der Waals surface area contributed by atoms with E-state index in [2.05, 4.69) is 15.0 Å². The molecule has 2 aromatic heterocycles. The molecule has 0 bridgehead atoms. The summed E-state index contributed by atoms with van der Waals surface area (Å²) < 4.78 is 7.22. The summed E-state index contributed by atoms with van der Waals surface area (Å²) in [5.41, 5.74) is 6.08. The SMILES string of the molecule is Nc1nc2c(=O)[nH]cnc2n1[C@H]1CC[C@@H](CO)O1. The lowest BCUT2D eigenvalue weighted by Crippen LogP contribution is -2.16. The van der Waals surface area contributed by atoms with Crippen molar-refractivity contribution in [3.8, 4) is 0 Å². The summed E-state index contributed by atoms with van der Waals surface area (Å²) in [6.07, 6.45) is 2.22. The molecule has 8 heteroatoms. The summed E-state index contributed by atoms with van der Waals surface area (Å²) in [4.78, 5) is 22.1. The third-order valence-electron chi connectivity index (χ3n) is 3.09. The minimum Gasteiger partial charge on any atom is -0.394 e. The zero-order valence-electron chi connectivity index (χ0n) is 9.54. The minimum atomic E-state index is -0.332. The van der Waals surface area contributed by atoms with E-state index in [1.165, 1.54) is 6.33 Å². The van der Waals surface area contributed by atoms with Crippen LogP contribution < -0.4 is 11.3 Å². The zero-order chi connectivity index (χ0) is 12.7. The Morgan fingerprint density at radius 1 is 1.61 bits per heavy atom. The van der Waals surface area contributed by atoms with Gasteiger partial charge in [0.15, 0.2) is 11.2 Å². The number of hydrogen-bond donors (Lipinski definition) is 3. The first-order chi connectivity index (χ1) is 8.70. The number of ether oxygens (including phenoxy) is 1. The van der Waals surface area contributed by atoms with Gasteiger partial charge in [-0.3, -0.25) is 9.36 Å². The first-order valence-corrected chi connectivity index (χ1v) is 5.68. The molecule has 1 saturated heterocycles. The maximum Gasteiger partial charge on any atom is 0.278 e. The fourth-order valence-corrected chi connectivity index (χ4v) is 2.23. The number of H-pyrrole nitrogens is 1. The molecule has 18 heavy (non-hydrogen) atoms. The monoisotopic (exact) mass is 251 g/mol. The number of imidazole rings is 1. The number of anilines is 1. The third kappa shape index (κ3) is 1.57.